The van der Waals surface area contributed by atoms with Gasteiger partial charge in [-0.15, -0.1) is 0 Å². The molecule has 0 unspecified atom stereocenters. The van der Waals surface area contributed by atoms with Gasteiger partial charge >= 0.3 is 0 Å². The lowest BCUT2D eigenvalue weighted by atomic mass is 10.1. The first kappa shape index (κ1) is 14.3. The molecule has 0 spiro atoms. The van der Waals surface area contributed by atoms with Crippen molar-refractivity contribution in [1.82, 2.24) is 4.98 Å². The van der Waals surface area contributed by atoms with E-state index in [9.17, 15) is 0 Å². The molecule has 0 fully saturated rings. The molecule has 1 aliphatic rings. The molecule has 0 bridgehead atoms. The maximum absolute atomic E-state index is 6.23. The molecule has 25 heavy (non-hydrogen) atoms. The van der Waals surface area contributed by atoms with Gasteiger partial charge < -0.3 is 14.2 Å². The van der Waals surface area contributed by atoms with Crippen molar-refractivity contribution in [2.24, 2.45) is 0 Å². The Labute approximate surface area is 146 Å². The largest absolute Gasteiger partial charge is 0.454 e. The number of hydrogen-bond acceptors (Lipinski definition) is 4. The van der Waals surface area contributed by atoms with Crippen LogP contribution in [0.25, 0.3) is 21.9 Å². The van der Waals surface area contributed by atoms with Crippen LogP contribution in [-0.4, -0.2) is 17.7 Å². The molecule has 0 amide bonds. The quantitative estimate of drug-likeness (QED) is 0.499. The Morgan fingerprint density at radius 2 is 1.72 bits per heavy atom. The Morgan fingerprint density at radius 3 is 2.60 bits per heavy atom. The Hall–Kier alpha value is -3.01. The summed E-state index contributed by atoms with van der Waals surface area (Å²) >= 11 is 0. The maximum atomic E-state index is 6.23. The first-order valence-corrected chi connectivity index (χ1v) is 8.63. The van der Waals surface area contributed by atoms with Crippen LogP contribution < -0.4 is 9.80 Å². The second kappa shape index (κ2) is 5.24. The summed E-state index contributed by atoms with van der Waals surface area (Å²) in [6.07, 6.45) is 1.86. The van der Waals surface area contributed by atoms with Gasteiger partial charge in [-0.1, -0.05) is 30.3 Å². The molecular weight excluding hydrogens is 310 g/mol. The van der Waals surface area contributed by atoms with Gasteiger partial charge in [-0.2, -0.15) is 0 Å². The molecule has 5 rings (SSSR count). The Balaban J connectivity index is 1.74. The lowest BCUT2D eigenvalue weighted by Crippen LogP contribution is -2.33. The monoisotopic (exact) mass is 329 g/mol. The smallest absolute Gasteiger partial charge is 0.159 e. The zero-order chi connectivity index (χ0) is 17.0. The summed E-state index contributed by atoms with van der Waals surface area (Å²) in [5.41, 5.74) is 4.08. The minimum absolute atomic E-state index is 0.383. The van der Waals surface area contributed by atoms with Gasteiger partial charge in [0.1, 0.15) is 5.58 Å². The number of anilines is 3. The number of benzene rings is 2. The third kappa shape index (κ3) is 2.03. The molecule has 2 aromatic carbocycles. The first-order valence-electron chi connectivity index (χ1n) is 8.63. The molecule has 0 saturated heterocycles. The molecular formula is C21H19N3O. The number of para-hydroxylation sites is 2. The van der Waals surface area contributed by atoms with E-state index in [1.165, 1.54) is 0 Å². The summed E-state index contributed by atoms with van der Waals surface area (Å²) in [5, 5.41) is 2.31. The molecule has 0 radical (unpaired) electrons. The number of pyridine rings is 1. The maximum Gasteiger partial charge on any atom is 0.159 e. The summed E-state index contributed by atoms with van der Waals surface area (Å²) in [6, 6.07) is 19.1. The van der Waals surface area contributed by atoms with E-state index in [0.29, 0.717) is 6.04 Å². The van der Waals surface area contributed by atoms with Crippen molar-refractivity contribution in [3.8, 4) is 0 Å². The number of hydrogen-bond donors (Lipinski definition) is 0. The summed E-state index contributed by atoms with van der Waals surface area (Å²) in [4.78, 5) is 9.23. The molecule has 4 aromatic rings. The van der Waals surface area contributed by atoms with Crippen LogP contribution in [0.3, 0.4) is 0 Å². The van der Waals surface area contributed by atoms with Gasteiger partial charge in [-0.05, 0) is 38.1 Å². The zero-order valence-corrected chi connectivity index (χ0v) is 14.3. The lowest BCUT2D eigenvalue weighted by Gasteiger charge is -2.24. The van der Waals surface area contributed by atoms with Crippen LogP contribution in [-0.2, 0) is 0 Å². The van der Waals surface area contributed by atoms with Crippen molar-refractivity contribution in [3.63, 3.8) is 0 Å². The molecule has 4 nitrogen and oxygen atoms in total. The molecule has 0 atom stereocenters. The van der Waals surface area contributed by atoms with Crippen LogP contribution in [0.15, 0.2) is 65.2 Å². The topological polar surface area (TPSA) is 32.5 Å². The summed E-state index contributed by atoms with van der Waals surface area (Å²) in [7, 11) is 0. The molecule has 2 aromatic heterocycles. The van der Waals surface area contributed by atoms with Crippen LogP contribution in [0.4, 0.5) is 17.2 Å². The Bertz CT molecular complexity index is 1080. The molecule has 4 heteroatoms. The Morgan fingerprint density at radius 1 is 0.920 bits per heavy atom. The fourth-order valence-corrected chi connectivity index (χ4v) is 3.67. The number of nitrogens with zero attached hydrogens (tertiary/aromatic N) is 3. The van der Waals surface area contributed by atoms with Crippen LogP contribution in [0.1, 0.15) is 13.8 Å². The van der Waals surface area contributed by atoms with Crippen LogP contribution in [0.5, 0.6) is 0 Å². The van der Waals surface area contributed by atoms with Crippen molar-refractivity contribution < 1.29 is 4.42 Å². The second-order valence-corrected chi connectivity index (χ2v) is 6.73. The van der Waals surface area contributed by atoms with E-state index in [2.05, 4.69) is 65.0 Å². The van der Waals surface area contributed by atoms with E-state index in [-0.39, 0.29) is 0 Å². The second-order valence-electron chi connectivity index (χ2n) is 6.73. The predicted octanol–water partition coefficient (Wildman–Crippen LogP) is 5.31. The van der Waals surface area contributed by atoms with Gasteiger partial charge in [0, 0.05) is 23.0 Å². The van der Waals surface area contributed by atoms with E-state index < -0.39 is 0 Å². The van der Waals surface area contributed by atoms with Gasteiger partial charge in [-0.3, -0.25) is 0 Å². The molecule has 0 N–H and O–H groups in total. The highest BCUT2D eigenvalue weighted by molar-refractivity contribution is 6.09. The fraction of sp³-hybridized carbons (Fsp3) is 0.190. The first-order chi connectivity index (χ1) is 12.2. The van der Waals surface area contributed by atoms with Crippen LogP contribution in [0, 0.1) is 0 Å². The number of rotatable bonds is 2. The van der Waals surface area contributed by atoms with E-state index >= 15 is 0 Å². The highest BCUT2D eigenvalue weighted by Crippen LogP contribution is 2.43. The highest BCUT2D eigenvalue weighted by Gasteiger charge is 2.31. The number of aromatic nitrogens is 1. The van der Waals surface area contributed by atoms with Gasteiger partial charge in [0.25, 0.3) is 0 Å². The van der Waals surface area contributed by atoms with Crippen LogP contribution >= 0.6 is 0 Å². The van der Waals surface area contributed by atoms with Crippen molar-refractivity contribution >= 4 is 39.1 Å². The molecule has 124 valence electrons. The molecule has 0 aliphatic carbocycles. The summed E-state index contributed by atoms with van der Waals surface area (Å²) in [6.45, 7) is 5.17. The van der Waals surface area contributed by atoms with Gasteiger partial charge in [-0.25, -0.2) is 4.98 Å². The van der Waals surface area contributed by atoms with Crippen molar-refractivity contribution in [2.45, 2.75) is 19.9 Å². The minimum atomic E-state index is 0.383. The molecule has 0 saturated carbocycles. The van der Waals surface area contributed by atoms with Crippen molar-refractivity contribution in [2.75, 3.05) is 16.5 Å². The third-order valence-electron chi connectivity index (χ3n) is 4.92. The summed E-state index contributed by atoms with van der Waals surface area (Å²) in [5.74, 6) is 1.03. The summed E-state index contributed by atoms with van der Waals surface area (Å²) < 4.78 is 6.23. The van der Waals surface area contributed by atoms with E-state index in [4.69, 9.17) is 4.42 Å². The average Bonchev–Trinajstić information content (AvgIpc) is 3.20. The predicted molar refractivity (Wildman–Crippen MR) is 103 cm³/mol. The standard InChI is InChI=1S/C21H19N3O/c1-14(2)23-13-24(18-10-6-12-22-21(18)23)17-9-5-8-16-15-7-3-4-11-19(15)25-20(16)17/h3-12,14H,13H2,1-2H3. The molecule has 1 aliphatic heterocycles. The lowest BCUT2D eigenvalue weighted by molar-refractivity contribution is 0.664. The average molecular weight is 329 g/mol. The minimum Gasteiger partial charge on any atom is -0.454 e. The van der Waals surface area contributed by atoms with E-state index in [0.717, 1.165) is 45.8 Å². The Kier molecular flexibility index (Phi) is 3.01. The normalized spacial score (nSPS) is 14.0. The van der Waals surface area contributed by atoms with Gasteiger partial charge in [0.2, 0.25) is 0 Å². The number of furan rings is 1. The third-order valence-corrected chi connectivity index (χ3v) is 4.92. The van der Waals surface area contributed by atoms with Crippen molar-refractivity contribution in [1.29, 1.82) is 0 Å². The van der Waals surface area contributed by atoms with Gasteiger partial charge in [0.05, 0.1) is 18.0 Å². The van der Waals surface area contributed by atoms with Gasteiger partial charge in [0.15, 0.2) is 11.4 Å². The van der Waals surface area contributed by atoms with Crippen molar-refractivity contribution in [3.05, 3.63) is 60.8 Å². The van der Waals surface area contributed by atoms with Crippen LogP contribution in [0.2, 0.25) is 0 Å². The number of fused-ring (bicyclic) bond motifs is 4. The zero-order valence-electron chi connectivity index (χ0n) is 14.3. The van der Waals surface area contributed by atoms with E-state index in [1.54, 1.807) is 0 Å². The SMILES string of the molecule is CC(C)N1CN(c2cccc3c2oc2ccccc23)c2cccnc21. The highest BCUT2D eigenvalue weighted by atomic mass is 16.3. The molecule has 3 heterocycles. The van der Waals surface area contributed by atoms with E-state index in [1.807, 2.05) is 24.4 Å². The fourth-order valence-electron chi connectivity index (χ4n) is 3.67.